The Morgan fingerprint density at radius 2 is 1.98 bits per heavy atom. The zero-order chi connectivity index (χ0) is 29.9. The Kier molecular flexibility index (Phi) is 8.84. The molecule has 1 unspecified atom stereocenters. The molecule has 3 heterocycles. The van der Waals surface area contributed by atoms with Crippen LogP contribution in [-0.4, -0.2) is 62.9 Å². The van der Waals surface area contributed by atoms with Crippen molar-refractivity contribution in [3.05, 3.63) is 60.4 Å². The third kappa shape index (κ3) is 6.01. The second kappa shape index (κ2) is 12.4. The lowest BCUT2D eigenvalue weighted by Gasteiger charge is -2.27. The van der Waals surface area contributed by atoms with Crippen molar-refractivity contribution in [2.24, 2.45) is 0 Å². The van der Waals surface area contributed by atoms with Gasteiger partial charge in [0, 0.05) is 6.20 Å². The van der Waals surface area contributed by atoms with Crippen LogP contribution in [0.4, 0.5) is 5.69 Å². The maximum atomic E-state index is 14.0. The maximum Gasteiger partial charge on any atom is 0.459 e. The first-order chi connectivity index (χ1) is 20.2. The topological polar surface area (TPSA) is 191 Å². The smallest absolute Gasteiger partial charge is 0.459 e. The van der Waals surface area contributed by atoms with Gasteiger partial charge in [0.05, 0.1) is 23.5 Å². The fourth-order valence-corrected chi connectivity index (χ4v) is 6.76. The standard InChI is InChI=1S/C28H34N5O8P/c1-18(27(36)39-19-8-4-2-5-9-19)32-42(37,41-20-10-6-3-7-11-20)38-16-23-25(34)26(35)28(17-29,40-23)24-13-12-22-21(30)14-15-31-33(22)24/h3,6-7,10-15,18-19,23,25-26,34-35H,2,4-5,8-9,16,30H2,1H3,(H,32,37)/t18-,23+,25+,26+,28-,42?/m0/s1. The van der Waals surface area contributed by atoms with Gasteiger partial charge in [-0.15, -0.1) is 0 Å². The fourth-order valence-electron chi connectivity index (χ4n) is 5.26. The average molecular weight is 600 g/mol. The van der Waals surface area contributed by atoms with Crippen LogP contribution in [0.15, 0.2) is 54.7 Å². The molecular weight excluding hydrogens is 565 g/mol. The van der Waals surface area contributed by atoms with Gasteiger partial charge in [-0.2, -0.15) is 15.4 Å². The number of ether oxygens (including phenoxy) is 2. The molecule has 2 aromatic heterocycles. The summed E-state index contributed by atoms with van der Waals surface area (Å²) in [6, 6.07) is 13.8. The van der Waals surface area contributed by atoms with E-state index in [1.54, 1.807) is 42.5 Å². The Balaban J connectivity index is 1.34. The van der Waals surface area contributed by atoms with Gasteiger partial charge in [-0.25, -0.2) is 9.08 Å². The first kappa shape index (κ1) is 30.0. The molecule has 224 valence electrons. The Bertz CT molecular complexity index is 1490. The summed E-state index contributed by atoms with van der Waals surface area (Å²) in [7, 11) is -4.30. The van der Waals surface area contributed by atoms with Crippen molar-refractivity contribution in [3.8, 4) is 11.8 Å². The molecule has 6 atom stereocenters. The van der Waals surface area contributed by atoms with Crippen LogP contribution in [0.3, 0.4) is 0 Å². The minimum absolute atomic E-state index is 0.141. The molecule has 0 bridgehead atoms. The van der Waals surface area contributed by atoms with Gasteiger partial charge in [0.15, 0.2) is 0 Å². The molecule has 2 aliphatic rings. The first-order valence-corrected chi connectivity index (χ1v) is 15.4. The van der Waals surface area contributed by atoms with E-state index in [1.807, 2.05) is 6.07 Å². The number of rotatable bonds is 10. The van der Waals surface area contributed by atoms with E-state index in [1.165, 1.54) is 23.7 Å². The van der Waals surface area contributed by atoms with E-state index < -0.39 is 50.3 Å². The molecule has 5 N–H and O–H groups in total. The predicted molar refractivity (Wildman–Crippen MR) is 150 cm³/mol. The van der Waals surface area contributed by atoms with Crippen LogP contribution in [-0.2, 0) is 29.0 Å². The summed E-state index contributed by atoms with van der Waals surface area (Å²) in [5.41, 5.74) is 4.97. The highest BCUT2D eigenvalue weighted by Crippen LogP contribution is 2.47. The molecule has 0 amide bonds. The predicted octanol–water partition coefficient (Wildman–Crippen LogP) is 2.81. The van der Waals surface area contributed by atoms with Gasteiger partial charge in [0.2, 0.25) is 5.60 Å². The minimum atomic E-state index is -4.30. The van der Waals surface area contributed by atoms with Gasteiger partial charge >= 0.3 is 13.7 Å². The Morgan fingerprint density at radius 1 is 1.24 bits per heavy atom. The molecule has 5 rings (SSSR count). The van der Waals surface area contributed by atoms with Gasteiger partial charge in [-0.3, -0.25) is 9.32 Å². The van der Waals surface area contributed by atoms with E-state index in [2.05, 4.69) is 10.2 Å². The number of aliphatic hydroxyl groups excluding tert-OH is 2. The van der Waals surface area contributed by atoms with Crippen molar-refractivity contribution in [1.82, 2.24) is 14.7 Å². The van der Waals surface area contributed by atoms with Crippen LogP contribution in [0.5, 0.6) is 5.75 Å². The van der Waals surface area contributed by atoms with Crippen molar-refractivity contribution in [2.45, 2.75) is 75.1 Å². The number of para-hydroxylation sites is 1. The SMILES string of the molecule is C[C@H](NP(=O)(OC[C@H]1O[C@@](C#N)(c2ccc3c(N)ccnn23)[C@H](O)[C@@H]1O)Oc1ccccc1)C(=O)OC1CCCCC1. The zero-order valence-electron chi connectivity index (χ0n) is 23.0. The average Bonchev–Trinajstić information content (AvgIpc) is 3.53. The van der Waals surface area contributed by atoms with Gasteiger partial charge in [0.25, 0.3) is 0 Å². The molecule has 2 fully saturated rings. The summed E-state index contributed by atoms with van der Waals surface area (Å²) in [6.45, 7) is 0.916. The number of anilines is 1. The fraction of sp³-hybridized carbons (Fsp3) is 0.464. The van der Waals surface area contributed by atoms with E-state index in [9.17, 15) is 24.8 Å². The number of nitrogens with zero attached hydrogens (tertiary/aromatic N) is 3. The number of aliphatic hydroxyl groups is 2. The highest BCUT2D eigenvalue weighted by atomic mass is 31.2. The summed E-state index contributed by atoms with van der Waals surface area (Å²) >= 11 is 0. The number of hydrogen-bond acceptors (Lipinski definition) is 11. The molecule has 0 spiro atoms. The number of hydrogen-bond donors (Lipinski definition) is 4. The largest absolute Gasteiger partial charge is 0.461 e. The van der Waals surface area contributed by atoms with Crippen molar-refractivity contribution in [3.63, 3.8) is 0 Å². The molecule has 14 heteroatoms. The number of aromatic nitrogens is 2. The summed E-state index contributed by atoms with van der Waals surface area (Å²) in [4.78, 5) is 12.8. The molecule has 1 aliphatic heterocycles. The van der Waals surface area contributed by atoms with Crippen molar-refractivity contribution < 1.29 is 38.1 Å². The summed E-state index contributed by atoms with van der Waals surface area (Å²) in [6.07, 6.45) is 1.16. The van der Waals surface area contributed by atoms with Crippen LogP contribution < -0.4 is 15.3 Å². The Labute approximate surface area is 242 Å². The Hall–Kier alpha value is -3.50. The number of carbonyl (C=O) groups excluding carboxylic acids is 1. The van der Waals surface area contributed by atoms with Crippen LogP contribution in [0, 0.1) is 11.3 Å². The first-order valence-electron chi connectivity index (χ1n) is 13.8. The molecular formula is C28H34N5O8P. The lowest BCUT2D eigenvalue weighted by atomic mass is 9.92. The number of esters is 1. The second-order valence-electron chi connectivity index (χ2n) is 10.5. The van der Waals surface area contributed by atoms with E-state index in [0.717, 1.165) is 32.1 Å². The summed E-state index contributed by atoms with van der Waals surface area (Å²) < 4.78 is 38.2. The molecule has 1 aliphatic carbocycles. The van der Waals surface area contributed by atoms with E-state index >= 15 is 0 Å². The molecule has 13 nitrogen and oxygen atoms in total. The number of fused-ring (bicyclic) bond motifs is 1. The van der Waals surface area contributed by atoms with Crippen LogP contribution >= 0.6 is 7.75 Å². The molecule has 0 radical (unpaired) electrons. The molecule has 1 saturated heterocycles. The van der Waals surface area contributed by atoms with E-state index in [4.69, 9.17) is 24.3 Å². The summed E-state index contributed by atoms with van der Waals surface area (Å²) in [5, 5.41) is 38.9. The zero-order valence-corrected chi connectivity index (χ0v) is 23.9. The van der Waals surface area contributed by atoms with Crippen LogP contribution in [0.25, 0.3) is 5.52 Å². The van der Waals surface area contributed by atoms with Gasteiger partial charge in [-0.1, -0.05) is 24.6 Å². The Morgan fingerprint density at radius 3 is 2.69 bits per heavy atom. The number of nitrogen functional groups attached to an aromatic ring is 1. The third-order valence-corrected chi connectivity index (χ3v) is 9.15. The molecule has 1 saturated carbocycles. The monoisotopic (exact) mass is 599 g/mol. The van der Waals surface area contributed by atoms with Crippen LogP contribution in [0.2, 0.25) is 0 Å². The quantitative estimate of drug-likeness (QED) is 0.197. The number of nitrogens with one attached hydrogen (secondary N) is 1. The van der Waals surface area contributed by atoms with Crippen molar-refractivity contribution in [1.29, 1.82) is 5.26 Å². The van der Waals surface area contributed by atoms with Gasteiger partial charge in [-0.05, 0) is 62.9 Å². The van der Waals surface area contributed by atoms with Gasteiger partial charge in [0.1, 0.15) is 42.3 Å². The summed E-state index contributed by atoms with van der Waals surface area (Å²) in [5.74, 6) is -0.408. The molecule has 3 aromatic rings. The minimum Gasteiger partial charge on any atom is -0.461 e. The normalized spacial score (nSPS) is 26.8. The number of nitrogens with two attached hydrogens (primary N) is 1. The maximum absolute atomic E-state index is 14.0. The van der Waals surface area contributed by atoms with Crippen molar-refractivity contribution in [2.75, 3.05) is 12.3 Å². The second-order valence-corrected chi connectivity index (χ2v) is 12.2. The van der Waals surface area contributed by atoms with E-state index in [0.29, 0.717) is 11.2 Å². The highest BCUT2D eigenvalue weighted by Gasteiger charge is 2.58. The van der Waals surface area contributed by atoms with Crippen molar-refractivity contribution >= 4 is 24.9 Å². The lowest BCUT2D eigenvalue weighted by molar-refractivity contribution is -0.152. The van der Waals surface area contributed by atoms with E-state index in [-0.39, 0.29) is 17.5 Å². The number of carbonyl (C=O) groups is 1. The molecule has 1 aromatic carbocycles. The lowest BCUT2D eigenvalue weighted by Crippen LogP contribution is -2.41. The number of benzene rings is 1. The highest BCUT2D eigenvalue weighted by molar-refractivity contribution is 7.52. The van der Waals surface area contributed by atoms with Crippen LogP contribution in [0.1, 0.15) is 44.7 Å². The number of nitriles is 1. The molecule has 42 heavy (non-hydrogen) atoms. The van der Waals surface area contributed by atoms with Gasteiger partial charge < -0.3 is 29.9 Å². The third-order valence-electron chi connectivity index (χ3n) is 7.51.